The van der Waals surface area contributed by atoms with E-state index in [2.05, 4.69) is 15.3 Å². The van der Waals surface area contributed by atoms with Gasteiger partial charge in [-0.15, -0.1) is 0 Å². The molecule has 10 heteroatoms. The topological polar surface area (TPSA) is 64.2 Å². The van der Waals surface area contributed by atoms with E-state index in [1.807, 2.05) is 0 Å². The van der Waals surface area contributed by atoms with E-state index in [1.165, 1.54) is 16.5 Å². The lowest BCUT2D eigenvalue weighted by molar-refractivity contribution is -0.0671. The standard InChI is InChI=1S/C21H17F4N5O/c1-11-7-29-8-13(5-15(23)19(29)28-11)12-4-14(22)18-16(6-12)27-10-30(20(18)31)17-2-3-26-9-21(17,24)25/h4-8,10,17,26H,2-3,9H2,1H3. The number of rotatable bonds is 2. The largest absolute Gasteiger partial charge is 0.311 e. The van der Waals surface area contributed by atoms with Crippen LogP contribution in [0.5, 0.6) is 0 Å². The summed E-state index contributed by atoms with van der Waals surface area (Å²) in [6.07, 6.45) is 4.27. The number of nitrogens with zero attached hydrogens (tertiary/aromatic N) is 4. The molecule has 0 aliphatic carbocycles. The van der Waals surface area contributed by atoms with E-state index < -0.39 is 35.7 Å². The predicted molar refractivity (Wildman–Crippen MR) is 106 cm³/mol. The summed E-state index contributed by atoms with van der Waals surface area (Å²) >= 11 is 0. The third-order valence-corrected chi connectivity index (χ3v) is 5.58. The van der Waals surface area contributed by atoms with Crippen LogP contribution in [0.2, 0.25) is 0 Å². The Bertz CT molecular complexity index is 1390. The quantitative estimate of drug-likeness (QED) is 0.494. The molecule has 1 atom stereocenters. The van der Waals surface area contributed by atoms with Crippen LogP contribution < -0.4 is 10.9 Å². The molecule has 1 saturated heterocycles. The first kappa shape index (κ1) is 19.7. The van der Waals surface area contributed by atoms with Gasteiger partial charge in [0.1, 0.15) is 17.2 Å². The van der Waals surface area contributed by atoms with E-state index in [1.54, 1.807) is 19.3 Å². The maximum atomic E-state index is 15.0. The predicted octanol–water partition coefficient (Wildman–Crippen LogP) is 3.47. The Morgan fingerprint density at radius 3 is 2.68 bits per heavy atom. The fourth-order valence-corrected chi connectivity index (χ4v) is 4.10. The van der Waals surface area contributed by atoms with E-state index in [-0.39, 0.29) is 23.0 Å². The SMILES string of the molecule is Cc1cn2cc(-c3cc(F)c4c(=O)n(C5CCNCC5(F)F)cnc4c3)cc(F)c2n1. The molecule has 0 saturated carbocycles. The molecule has 1 aliphatic rings. The van der Waals surface area contributed by atoms with Crippen LogP contribution in [-0.2, 0) is 0 Å². The molecule has 3 aromatic heterocycles. The fraction of sp³-hybridized carbons (Fsp3) is 0.286. The van der Waals surface area contributed by atoms with E-state index in [4.69, 9.17) is 0 Å². The lowest BCUT2D eigenvalue weighted by atomic mass is 10.0. The normalized spacial score (nSPS) is 18.7. The third-order valence-electron chi connectivity index (χ3n) is 5.58. The van der Waals surface area contributed by atoms with Crippen molar-refractivity contribution < 1.29 is 17.6 Å². The lowest BCUT2D eigenvalue weighted by Crippen LogP contribution is -2.49. The summed E-state index contributed by atoms with van der Waals surface area (Å²) < 4.78 is 60.3. The maximum Gasteiger partial charge on any atom is 0.280 e. The van der Waals surface area contributed by atoms with Gasteiger partial charge in [-0.1, -0.05) is 0 Å². The highest BCUT2D eigenvalue weighted by atomic mass is 19.3. The van der Waals surface area contributed by atoms with Gasteiger partial charge in [-0.25, -0.2) is 27.5 Å². The number of pyridine rings is 1. The van der Waals surface area contributed by atoms with Crippen LogP contribution >= 0.6 is 0 Å². The van der Waals surface area contributed by atoms with E-state index >= 15 is 0 Å². The molecule has 5 rings (SSSR count). The summed E-state index contributed by atoms with van der Waals surface area (Å²) in [7, 11) is 0. The number of benzene rings is 1. The Kier molecular flexibility index (Phi) is 4.37. The van der Waals surface area contributed by atoms with Crippen LogP contribution in [0.3, 0.4) is 0 Å². The molecule has 1 aliphatic heterocycles. The summed E-state index contributed by atoms with van der Waals surface area (Å²) in [5.41, 5.74) is 0.570. The average molecular weight is 431 g/mol. The van der Waals surface area contributed by atoms with Gasteiger partial charge >= 0.3 is 0 Å². The Balaban J connectivity index is 1.65. The Morgan fingerprint density at radius 1 is 1.13 bits per heavy atom. The highest BCUT2D eigenvalue weighted by Gasteiger charge is 2.43. The zero-order chi connectivity index (χ0) is 21.9. The molecule has 6 nitrogen and oxygen atoms in total. The van der Waals surface area contributed by atoms with Crippen LogP contribution in [-0.4, -0.2) is 37.9 Å². The van der Waals surface area contributed by atoms with Crippen molar-refractivity contribution in [3.8, 4) is 11.1 Å². The van der Waals surface area contributed by atoms with Crippen LogP contribution in [0.15, 0.2) is 41.7 Å². The summed E-state index contributed by atoms with van der Waals surface area (Å²) in [6, 6.07) is 2.34. The molecule has 0 spiro atoms. The van der Waals surface area contributed by atoms with Crippen molar-refractivity contribution in [2.24, 2.45) is 0 Å². The molecule has 1 aromatic carbocycles. The highest BCUT2D eigenvalue weighted by molar-refractivity contribution is 5.84. The van der Waals surface area contributed by atoms with Crippen molar-refractivity contribution in [2.75, 3.05) is 13.1 Å². The average Bonchev–Trinajstić information content (AvgIpc) is 3.09. The second kappa shape index (κ2) is 6.88. The monoisotopic (exact) mass is 431 g/mol. The summed E-state index contributed by atoms with van der Waals surface area (Å²) in [6.45, 7) is 1.47. The third kappa shape index (κ3) is 3.18. The van der Waals surface area contributed by atoms with Crippen molar-refractivity contribution in [3.05, 3.63) is 64.6 Å². The van der Waals surface area contributed by atoms with Gasteiger partial charge in [0.2, 0.25) is 0 Å². The van der Waals surface area contributed by atoms with Crippen LogP contribution in [0.1, 0.15) is 18.2 Å². The number of aryl methyl sites for hydroxylation is 1. The number of hydrogen-bond acceptors (Lipinski definition) is 4. The Hall–Kier alpha value is -3.27. The molecule has 31 heavy (non-hydrogen) atoms. The molecule has 0 amide bonds. The second-order valence-corrected chi connectivity index (χ2v) is 7.74. The van der Waals surface area contributed by atoms with Gasteiger partial charge in [-0.2, -0.15) is 0 Å². The maximum absolute atomic E-state index is 15.0. The molecule has 0 radical (unpaired) electrons. The van der Waals surface area contributed by atoms with Crippen LogP contribution in [0.25, 0.3) is 27.7 Å². The molecular weight excluding hydrogens is 414 g/mol. The molecule has 0 bridgehead atoms. The number of aromatic nitrogens is 4. The van der Waals surface area contributed by atoms with Gasteiger partial charge in [0.15, 0.2) is 11.5 Å². The molecular formula is C21H17F4N5O. The van der Waals surface area contributed by atoms with Crippen molar-refractivity contribution in [1.82, 2.24) is 24.3 Å². The highest BCUT2D eigenvalue weighted by Crippen LogP contribution is 2.33. The Labute approximate surface area is 173 Å². The first-order chi connectivity index (χ1) is 14.7. The molecule has 4 aromatic rings. The summed E-state index contributed by atoms with van der Waals surface area (Å²) in [4.78, 5) is 21.0. The molecule has 160 valence electrons. The second-order valence-electron chi connectivity index (χ2n) is 7.74. The van der Waals surface area contributed by atoms with Gasteiger partial charge in [0.25, 0.3) is 11.5 Å². The minimum atomic E-state index is -3.16. The number of alkyl halides is 2. The zero-order valence-electron chi connectivity index (χ0n) is 16.4. The molecule has 1 N–H and O–H groups in total. The first-order valence-corrected chi connectivity index (χ1v) is 9.69. The van der Waals surface area contributed by atoms with Gasteiger partial charge in [-0.3, -0.25) is 9.36 Å². The fourth-order valence-electron chi connectivity index (χ4n) is 4.10. The minimum absolute atomic E-state index is 0.0100. The molecule has 1 unspecified atom stereocenters. The number of hydrogen-bond donors (Lipinski definition) is 1. The van der Waals surface area contributed by atoms with Crippen molar-refractivity contribution >= 4 is 16.6 Å². The number of halogens is 4. The first-order valence-electron chi connectivity index (χ1n) is 9.69. The molecule has 4 heterocycles. The number of imidazole rings is 1. The van der Waals surface area contributed by atoms with Crippen LogP contribution in [0, 0.1) is 18.6 Å². The van der Waals surface area contributed by atoms with Gasteiger partial charge in [0, 0.05) is 18.0 Å². The summed E-state index contributed by atoms with van der Waals surface area (Å²) in [5, 5.41) is 2.22. The van der Waals surface area contributed by atoms with Gasteiger partial charge in [-0.05, 0) is 43.7 Å². The lowest BCUT2D eigenvalue weighted by Gasteiger charge is -2.32. The smallest absolute Gasteiger partial charge is 0.280 e. The van der Waals surface area contributed by atoms with Crippen LogP contribution in [0.4, 0.5) is 17.6 Å². The number of nitrogens with one attached hydrogen (secondary N) is 1. The minimum Gasteiger partial charge on any atom is -0.311 e. The zero-order valence-corrected chi connectivity index (χ0v) is 16.4. The molecule has 1 fully saturated rings. The van der Waals surface area contributed by atoms with E-state index in [0.29, 0.717) is 23.4 Å². The van der Waals surface area contributed by atoms with Crippen molar-refractivity contribution in [1.29, 1.82) is 0 Å². The Morgan fingerprint density at radius 2 is 1.90 bits per heavy atom. The van der Waals surface area contributed by atoms with E-state index in [9.17, 15) is 22.4 Å². The number of piperidine rings is 1. The van der Waals surface area contributed by atoms with Gasteiger partial charge in [0.05, 0.1) is 24.1 Å². The van der Waals surface area contributed by atoms with E-state index in [0.717, 1.165) is 17.0 Å². The van der Waals surface area contributed by atoms with Crippen molar-refractivity contribution in [3.63, 3.8) is 0 Å². The van der Waals surface area contributed by atoms with Crippen molar-refractivity contribution in [2.45, 2.75) is 25.3 Å². The summed E-state index contributed by atoms with van der Waals surface area (Å²) in [5.74, 6) is -4.65. The number of fused-ring (bicyclic) bond motifs is 2. The van der Waals surface area contributed by atoms with Gasteiger partial charge < -0.3 is 9.72 Å².